The van der Waals surface area contributed by atoms with Gasteiger partial charge < -0.3 is 14.4 Å². The summed E-state index contributed by atoms with van der Waals surface area (Å²) < 4.78 is 11.1. The van der Waals surface area contributed by atoms with Crippen LogP contribution in [0.2, 0.25) is 0 Å². The number of benzene rings is 2. The zero-order valence-corrected chi connectivity index (χ0v) is 18.6. The first-order valence-corrected chi connectivity index (χ1v) is 10.7. The highest BCUT2D eigenvalue weighted by atomic mass is 79.9. The molecule has 0 bridgehead atoms. The minimum absolute atomic E-state index is 0.00556. The van der Waals surface area contributed by atoms with E-state index in [9.17, 15) is 19.2 Å². The Balaban J connectivity index is 1.55. The molecule has 2 aromatic carbocycles. The summed E-state index contributed by atoms with van der Waals surface area (Å²) in [6.07, 6.45) is 0.740. The highest BCUT2D eigenvalue weighted by Gasteiger charge is 2.36. The fourth-order valence-electron chi connectivity index (χ4n) is 3.14. The van der Waals surface area contributed by atoms with Crippen molar-refractivity contribution in [3.8, 4) is 0 Å². The molecular formula is C23H22BrNO6. The van der Waals surface area contributed by atoms with Crippen molar-refractivity contribution in [3.63, 3.8) is 0 Å². The minimum atomic E-state index is -0.653. The molecule has 1 fully saturated rings. The van der Waals surface area contributed by atoms with E-state index in [2.05, 4.69) is 15.9 Å². The van der Waals surface area contributed by atoms with E-state index in [0.717, 1.165) is 10.9 Å². The van der Waals surface area contributed by atoms with Crippen LogP contribution in [0.3, 0.4) is 0 Å². The van der Waals surface area contributed by atoms with Crippen LogP contribution in [0.25, 0.3) is 0 Å². The Hall–Kier alpha value is -3.00. The van der Waals surface area contributed by atoms with Gasteiger partial charge in [-0.1, -0.05) is 35.0 Å². The normalized spacial score (nSPS) is 15.6. The standard InChI is InChI=1S/C23H22BrNO6/c1-2-11-30-22(28)16-5-9-19(10-6-16)25-13-17(12-21(25)27)23(29)31-14-20(26)15-3-7-18(24)8-4-15/h3-10,17H,2,11-14H2,1H3. The Morgan fingerprint density at radius 3 is 2.29 bits per heavy atom. The lowest BCUT2D eigenvalue weighted by Crippen LogP contribution is -2.27. The van der Waals surface area contributed by atoms with Crippen molar-refractivity contribution in [2.75, 3.05) is 24.7 Å². The number of ether oxygens (including phenoxy) is 2. The number of anilines is 1. The summed E-state index contributed by atoms with van der Waals surface area (Å²) >= 11 is 3.30. The Bertz CT molecular complexity index is 971. The number of esters is 2. The Morgan fingerprint density at radius 2 is 1.65 bits per heavy atom. The molecule has 1 amide bonds. The fraction of sp³-hybridized carbons (Fsp3) is 0.304. The molecule has 3 rings (SSSR count). The number of nitrogens with zero attached hydrogens (tertiary/aromatic N) is 1. The maximum atomic E-state index is 12.4. The van der Waals surface area contributed by atoms with Crippen LogP contribution in [0.5, 0.6) is 0 Å². The molecule has 1 atom stereocenters. The van der Waals surface area contributed by atoms with Crippen molar-refractivity contribution >= 4 is 45.2 Å². The summed E-state index contributed by atoms with van der Waals surface area (Å²) in [4.78, 5) is 50.3. The number of amides is 1. The lowest BCUT2D eigenvalue weighted by atomic mass is 10.1. The second-order valence-corrected chi connectivity index (χ2v) is 8.04. The van der Waals surface area contributed by atoms with Crippen molar-refractivity contribution < 1.29 is 28.7 Å². The predicted octanol–water partition coefficient (Wildman–Crippen LogP) is 3.79. The van der Waals surface area contributed by atoms with E-state index in [1.54, 1.807) is 48.5 Å². The van der Waals surface area contributed by atoms with Gasteiger partial charge >= 0.3 is 11.9 Å². The molecule has 0 N–H and O–H groups in total. The second-order valence-electron chi connectivity index (χ2n) is 7.13. The van der Waals surface area contributed by atoms with Crippen LogP contribution >= 0.6 is 15.9 Å². The Labute approximate surface area is 188 Å². The molecule has 1 heterocycles. The van der Waals surface area contributed by atoms with Crippen LogP contribution in [0.4, 0.5) is 5.69 Å². The molecule has 0 spiro atoms. The van der Waals surface area contributed by atoms with Crippen LogP contribution in [0.1, 0.15) is 40.5 Å². The van der Waals surface area contributed by atoms with Gasteiger partial charge in [0.15, 0.2) is 12.4 Å². The average molecular weight is 488 g/mol. The maximum absolute atomic E-state index is 12.4. The van der Waals surface area contributed by atoms with Gasteiger partial charge in [0.25, 0.3) is 0 Å². The van der Waals surface area contributed by atoms with Gasteiger partial charge in [-0.3, -0.25) is 14.4 Å². The lowest BCUT2D eigenvalue weighted by molar-refractivity contribution is -0.147. The van der Waals surface area contributed by atoms with Gasteiger partial charge in [-0.25, -0.2) is 4.79 Å². The SMILES string of the molecule is CCCOC(=O)c1ccc(N2CC(C(=O)OCC(=O)c3ccc(Br)cc3)CC2=O)cc1. The molecule has 2 aromatic rings. The third-order valence-electron chi connectivity index (χ3n) is 4.82. The number of halogens is 1. The maximum Gasteiger partial charge on any atom is 0.338 e. The highest BCUT2D eigenvalue weighted by molar-refractivity contribution is 9.10. The molecule has 0 aliphatic carbocycles. The average Bonchev–Trinajstić information content (AvgIpc) is 3.17. The molecule has 1 aliphatic heterocycles. The smallest absolute Gasteiger partial charge is 0.338 e. The van der Waals surface area contributed by atoms with Gasteiger partial charge in [0.05, 0.1) is 18.1 Å². The minimum Gasteiger partial charge on any atom is -0.462 e. The molecule has 0 aromatic heterocycles. The summed E-state index contributed by atoms with van der Waals surface area (Å²) in [5.41, 5.74) is 1.42. The zero-order chi connectivity index (χ0) is 22.4. The lowest BCUT2D eigenvalue weighted by Gasteiger charge is -2.17. The quantitative estimate of drug-likeness (QED) is 0.415. The van der Waals surface area contributed by atoms with Crippen LogP contribution in [0.15, 0.2) is 53.0 Å². The summed E-state index contributed by atoms with van der Waals surface area (Å²) in [5.74, 6) is -2.19. The van der Waals surface area contributed by atoms with Gasteiger partial charge in [-0.2, -0.15) is 0 Å². The monoisotopic (exact) mass is 487 g/mol. The highest BCUT2D eigenvalue weighted by Crippen LogP contribution is 2.26. The first-order valence-electron chi connectivity index (χ1n) is 9.92. The number of carbonyl (C=O) groups is 4. The third-order valence-corrected chi connectivity index (χ3v) is 5.35. The Kier molecular flexibility index (Phi) is 7.57. The van der Waals surface area contributed by atoms with E-state index >= 15 is 0 Å². The van der Waals surface area contributed by atoms with Crippen molar-refractivity contribution in [1.29, 1.82) is 0 Å². The van der Waals surface area contributed by atoms with Crippen molar-refractivity contribution in [1.82, 2.24) is 0 Å². The number of hydrogen-bond acceptors (Lipinski definition) is 6. The molecule has 1 aliphatic rings. The second kappa shape index (κ2) is 10.3. The van der Waals surface area contributed by atoms with Crippen LogP contribution in [0, 0.1) is 5.92 Å². The molecule has 0 radical (unpaired) electrons. The summed E-state index contributed by atoms with van der Waals surface area (Å²) in [6, 6.07) is 13.2. The van der Waals surface area contributed by atoms with Gasteiger partial charge in [0.1, 0.15) is 0 Å². The number of rotatable bonds is 8. The molecule has 1 saturated heterocycles. The van der Waals surface area contributed by atoms with E-state index in [-0.39, 0.29) is 31.3 Å². The predicted molar refractivity (Wildman–Crippen MR) is 117 cm³/mol. The van der Waals surface area contributed by atoms with Gasteiger partial charge in [0, 0.05) is 28.7 Å². The van der Waals surface area contributed by atoms with E-state index in [0.29, 0.717) is 23.4 Å². The van der Waals surface area contributed by atoms with E-state index in [1.165, 1.54) is 4.90 Å². The first-order chi connectivity index (χ1) is 14.9. The van der Waals surface area contributed by atoms with Crippen molar-refractivity contribution in [3.05, 3.63) is 64.1 Å². The topological polar surface area (TPSA) is 90.0 Å². The summed E-state index contributed by atoms with van der Waals surface area (Å²) in [7, 11) is 0. The molecule has 8 heteroatoms. The van der Waals surface area contributed by atoms with E-state index < -0.39 is 17.9 Å². The molecular weight excluding hydrogens is 466 g/mol. The number of ketones is 1. The zero-order valence-electron chi connectivity index (χ0n) is 17.0. The molecule has 0 saturated carbocycles. The Morgan fingerprint density at radius 1 is 1.00 bits per heavy atom. The number of carbonyl (C=O) groups excluding carboxylic acids is 4. The number of Topliss-reactive ketones (excluding diaryl/α,β-unsaturated/α-hetero) is 1. The van der Waals surface area contributed by atoms with Crippen LogP contribution < -0.4 is 4.90 Å². The van der Waals surface area contributed by atoms with Gasteiger partial charge in [-0.05, 0) is 42.8 Å². The summed E-state index contributed by atoms with van der Waals surface area (Å²) in [6.45, 7) is 2.04. The molecule has 31 heavy (non-hydrogen) atoms. The van der Waals surface area contributed by atoms with Crippen molar-refractivity contribution in [2.45, 2.75) is 19.8 Å². The fourth-order valence-corrected chi connectivity index (χ4v) is 3.41. The largest absolute Gasteiger partial charge is 0.462 e. The number of hydrogen-bond donors (Lipinski definition) is 0. The van der Waals surface area contributed by atoms with E-state index in [4.69, 9.17) is 9.47 Å². The van der Waals surface area contributed by atoms with Gasteiger partial charge in [-0.15, -0.1) is 0 Å². The third kappa shape index (κ3) is 5.79. The van der Waals surface area contributed by atoms with Gasteiger partial charge in [0.2, 0.25) is 5.91 Å². The first kappa shape index (κ1) is 22.7. The van der Waals surface area contributed by atoms with E-state index in [1.807, 2.05) is 6.92 Å². The van der Waals surface area contributed by atoms with Crippen LogP contribution in [-0.4, -0.2) is 43.4 Å². The van der Waals surface area contributed by atoms with Crippen molar-refractivity contribution in [2.24, 2.45) is 5.92 Å². The van der Waals surface area contributed by atoms with Crippen LogP contribution in [-0.2, 0) is 19.1 Å². The molecule has 162 valence electrons. The molecule has 7 nitrogen and oxygen atoms in total. The molecule has 1 unspecified atom stereocenters. The summed E-state index contributed by atoms with van der Waals surface area (Å²) in [5, 5.41) is 0.